The SMILES string of the molecule is Cc1ccc2nnc(C3CCN(Cc4cccnc4)CC3)n2n1. The quantitative estimate of drug-likeness (QED) is 0.742. The van der Waals surface area contributed by atoms with Gasteiger partial charge in [-0.1, -0.05) is 6.07 Å². The van der Waals surface area contributed by atoms with Crippen molar-refractivity contribution in [3.63, 3.8) is 0 Å². The highest BCUT2D eigenvalue weighted by Gasteiger charge is 2.25. The van der Waals surface area contributed by atoms with Crippen LogP contribution in [-0.2, 0) is 6.54 Å². The van der Waals surface area contributed by atoms with Gasteiger partial charge in [0.1, 0.15) is 0 Å². The molecule has 0 N–H and O–H groups in total. The molecule has 0 aromatic carbocycles. The van der Waals surface area contributed by atoms with E-state index in [1.165, 1.54) is 5.56 Å². The Kier molecular flexibility index (Phi) is 3.75. The van der Waals surface area contributed by atoms with Gasteiger partial charge in [0, 0.05) is 24.9 Å². The summed E-state index contributed by atoms with van der Waals surface area (Å²) in [4.78, 5) is 6.67. The molecule has 0 radical (unpaired) electrons. The lowest BCUT2D eigenvalue weighted by Gasteiger charge is -2.30. The lowest BCUT2D eigenvalue weighted by molar-refractivity contribution is 0.200. The van der Waals surface area contributed by atoms with Crippen molar-refractivity contribution in [1.82, 2.24) is 29.7 Å². The second kappa shape index (κ2) is 6.04. The second-order valence-corrected chi connectivity index (χ2v) is 6.21. The topological polar surface area (TPSA) is 59.2 Å². The van der Waals surface area contributed by atoms with E-state index in [0.717, 1.165) is 49.6 Å². The predicted molar refractivity (Wildman–Crippen MR) is 87.0 cm³/mol. The summed E-state index contributed by atoms with van der Waals surface area (Å²) in [7, 11) is 0. The van der Waals surface area contributed by atoms with Gasteiger partial charge in [-0.3, -0.25) is 9.88 Å². The first kappa shape index (κ1) is 14.3. The molecule has 23 heavy (non-hydrogen) atoms. The highest BCUT2D eigenvalue weighted by molar-refractivity contribution is 5.36. The molecule has 1 saturated heterocycles. The van der Waals surface area contributed by atoms with E-state index in [9.17, 15) is 0 Å². The fourth-order valence-corrected chi connectivity index (χ4v) is 3.25. The minimum Gasteiger partial charge on any atom is -0.299 e. The number of hydrogen-bond acceptors (Lipinski definition) is 5. The predicted octanol–water partition coefficient (Wildman–Crippen LogP) is 2.21. The van der Waals surface area contributed by atoms with Gasteiger partial charge in [-0.05, 0) is 56.6 Å². The Hall–Kier alpha value is -2.34. The first-order chi connectivity index (χ1) is 11.3. The van der Waals surface area contributed by atoms with E-state index in [-0.39, 0.29) is 0 Å². The van der Waals surface area contributed by atoms with Gasteiger partial charge in [-0.25, -0.2) is 0 Å². The molecular formula is C17H20N6. The van der Waals surface area contributed by atoms with Gasteiger partial charge in [-0.15, -0.1) is 10.2 Å². The number of rotatable bonds is 3. The molecule has 0 spiro atoms. The number of aryl methyl sites for hydroxylation is 1. The van der Waals surface area contributed by atoms with E-state index in [1.807, 2.05) is 42.0 Å². The summed E-state index contributed by atoms with van der Waals surface area (Å²) in [6.07, 6.45) is 5.96. The molecule has 3 aromatic rings. The van der Waals surface area contributed by atoms with Crippen LogP contribution < -0.4 is 0 Å². The van der Waals surface area contributed by atoms with E-state index in [1.54, 1.807) is 0 Å². The number of likely N-dealkylation sites (tertiary alicyclic amines) is 1. The van der Waals surface area contributed by atoms with Crippen LogP contribution >= 0.6 is 0 Å². The van der Waals surface area contributed by atoms with Crippen LogP contribution in [-0.4, -0.2) is 42.8 Å². The molecular weight excluding hydrogens is 288 g/mol. The van der Waals surface area contributed by atoms with Gasteiger partial charge in [0.15, 0.2) is 11.5 Å². The van der Waals surface area contributed by atoms with Gasteiger partial charge in [-0.2, -0.15) is 9.61 Å². The molecule has 0 bridgehead atoms. The Balaban J connectivity index is 1.45. The molecule has 118 valence electrons. The summed E-state index contributed by atoms with van der Waals surface area (Å²) < 4.78 is 1.91. The van der Waals surface area contributed by atoms with Crippen molar-refractivity contribution >= 4 is 5.65 Å². The molecule has 0 saturated carbocycles. The van der Waals surface area contributed by atoms with Crippen LogP contribution in [0.3, 0.4) is 0 Å². The average Bonchev–Trinajstić information content (AvgIpc) is 2.99. The number of fused-ring (bicyclic) bond motifs is 1. The van der Waals surface area contributed by atoms with Crippen molar-refractivity contribution < 1.29 is 0 Å². The zero-order valence-corrected chi connectivity index (χ0v) is 13.3. The Labute approximate surface area is 135 Å². The fourth-order valence-electron chi connectivity index (χ4n) is 3.25. The number of aromatic nitrogens is 5. The van der Waals surface area contributed by atoms with Gasteiger partial charge < -0.3 is 0 Å². The molecule has 6 heteroatoms. The van der Waals surface area contributed by atoms with Crippen LogP contribution in [0.4, 0.5) is 0 Å². The maximum atomic E-state index is 4.57. The van der Waals surface area contributed by atoms with Crippen molar-refractivity contribution in [1.29, 1.82) is 0 Å². The fraction of sp³-hybridized carbons (Fsp3) is 0.412. The van der Waals surface area contributed by atoms with Crippen LogP contribution in [0.2, 0.25) is 0 Å². The lowest BCUT2D eigenvalue weighted by Crippen LogP contribution is -2.33. The van der Waals surface area contributed by atoms with Crippen LogP contribution in [0, 0.1) is 6.92 Å². The minimum atomic E-state index is 0.435. The van der Waals surface area contributed by atoms with Crippen molar-refractivity contribution in [2.75, 3.05) is 13.1 Å². The summed E-state index contributed by atoms with van der Waals surface area (Å²) in [5, 5.41) is 13.2. The van der Waals surface area contributed by atoms with Crippen molar-refractivity contribution in [3.05, 3.63) is 53.7 Å². The average molecular weight is 308 g/mol. The number of nitrogens with zero attached hydrogens (tertiary/aromatic N) is 6. The first-order valence-corrected chi connectivity index (χ1v) is 8.10. The largest absolute Gasteiger partial charge is 0.299 e. The highest BCUT2D eigenvalue weighted by atomic mass is 15.4. The van der Waals surface area contributed by atoms with Crippen molar-refractivity contribution in [2.45, 2.75) is 32.2 Å². The first-order valence-electron chi connectivity index (χ1n) is 8.10. The lowest BCUT2D eigenvalue weighted by atomic mass is 9.96. The molecule has 0 amide bonds. The maximum Gasteiger partial charge on any atom is 0.177 e. The second-order valence-electron chi connectivity index (χ2n) is 6.21. The Bertz CT molecular complexity index is 789. The van der Waals surface area contributed by atoms with Crippen LogP contribution in [0.15, 0.2) is 36.7 Å². The molecule has 6 nitrogen and oxygen atoms in total. The summed E-state index contributed by atoms with van der Waals surface area (Å²) >= 11 is 0. The van der Waals surface area contributed by atoms with Gasteiger partial charge >= 0.3 is 0 Å². The molecule has 0 atom stereocenters. The summed E-state index contributed by atoms with van der Waals surface area (Å²) in [6.45, 7) is 5.11. The van der Waals surface area contributed by atoms with E-state index < -0.39 is 0 Å². The Morgan fingerprint density at radius 1 is 1.13 bits per heavy atom. The zero-order chi connectivity index (χ0) is 15.6. The van der Waals surface area contributed by atoms with E-state index in [0.29, 0.717) is 5.92 Å². The van der Waals surface area contributed by atoms with Crippen molar-refractivity contribution in [3.8, 4) is 0 Å². The Morgan fingerprint density at radius 2 is 2.00 bits per heavy atom. The zero-order valence-electron chi connectivity index (χ0n) is 13.3. The van der Waals surface area contributed by atoms with Crippen LogP contribution in [0.25, 0.3) is 5.65 Å². The van der Waals surface area contributed by atoms with E-state index in [4.69, 9.17) is 0 Å². The molecule has 4 heterocycles. The molecule has 1 aliphatic rings. The summed E-state index contributed by atoms with van der Waals surface area (Å²) in [5.41, 5.74) is 3.10. The van der Waals surface area contributed by atoms with Crippen LogP contribution in [0.1, 0.15) is 35.8 Å². The van der Waals surface area contributed by atoms with Gasteiger partial charge in [0.25, 0.3) is 0 Å². The third-order valence-electron chi connectivity index (χ3n) is 4.50. The minimum absolute atomic E-state index is 0.435. The normalized spacial score (nSPS) is 16.9. The third-order valence-corrected chi connectivity index (χ3v) is 4.50. The summed E-state index contributed by atoms with van der Waals surface area (Å²) in [6, 6.07) is 8.09. The standard InChI is InChI=1S/C17H20N6/c1-13-4-5-16-19-20-17(23(16)21-13)15-6-9-22(10-7-15)12-14-3-2-8-18-11-14/h2-5,8,11,15H,6-7,9-10,12H2,1H3. The number of pyridine rings is 1. The smallest absolute Gasteiger partial charge is 0.177 e. The van der Waals surface area contributed by atoms with Crippen LogP contribution in [0.5, 0.6) is 0 Å². The maximum absolute atomic E-state index is 4.57. The molecule has 0 aliphatic carbocycles. The molecule has 1 aliphatic heterocycles. The van der Waals surface area contributed by atoms with Crippen molar-refractivity contribution in [2.24, 2.45) is 0 Å². The third kappa shape index (κ3) is 2.94. The Morgan fingerprint density at radius 3 is 2.78 bits per heavy atom. The van der Waals surface area contributed by atoms with E-state index in [2.05, 4.69) is 31.2 Å². The number of piperidine rings is 1. The van der Waals surface area contributed by atoms with E-state index >= 15 is 0 Å². The molecule has 4 rings (SSSR count). The molecule has 3 aromatic heterocycles. The summed E-state index contributed by atoms with van der Waals surface area (Å²) in [5.74, 6) is 1.44. The van der Waals surface area contributed by atoms with Gasteiger partial charge in [0.2, 0.25) is 0 Å². The molecule has 0 unspecified atom stereocenters. The number of hydrogen-bond donors (Lipinski definition) is 0. The highest BCUT2D eigenvalue weighted by Crippen LogP contribution is 2.27. The monoisotopic (exact) mass is 308 g/mol. The molecule has 1 fully saturated rings. The van der Waals surface area contributed by atoms with Gasteiger partial charge in [0.05, 0.1) is 5.69 Å².